The molecule has 26 heavy (non-hydrogen) atoms. The molecule has 2 aromatic carbocycles. The SMILES string of the molecule is Nc1ccccc1NC(=O)CCCCCn1nnc2ccccc2c1=O. The van der Waals surface area contributed by atoms with E-state index in [2.05, 4.69) is 15.6 Å². The van der Waals surface area contributed by atoms with Crippen LogP contribution < -0.4 is 16.6 Å². The number of carbonyl (C=O) groups is 1. The number of benzene rings is 2. The largest absolute Gasteiger partial charge is 0.397 e. The lowest BCUT2D eigenvalue weighted by Gasteiger charge is -2.08. The summed E-state index contributed by atoms with van der Waals surface area (Å²) in [6.07, 6.45) is 2.72. The molecule has 3 rings (SSSR count). The van der Waals surface area contributed by atoms with Crippen LogP contribution in [0.2, 0.25) is 0 Å². The number of para-hydroxylation sites is 2. The molecule has 0 spiro atoms. The van der Waals surface area contributed by atoms with Gasteiger partial charge in [-0.3, -0.25) is 9.59 Å². The fourth-order valence-corrected chi connectivity index (χ4v) is 2.72. The van der Waals surface area contributed by atoms with Crippen molar-refractivity contribution in [3.8, 4) is 0 Å². The Hall–Kier alpha value is -3.22. The van der Waals surface area contributed by atoms with Crippen molar-refractivity contribution in [3.63, 3.8) is 0 Å². The molecule has 0 bridgehead atoms. The zero-order chi connectivity index (χ0) is 18.4. The van der Waals surface area contributed by atoms with E-state index in [4.69, 9.17) is 5.73 Å². The number of carbonyl (C=O) groups excluding carboxylic acids is 1. The van der Waals surface area contributed by atoms with E-state index in [0.717, 1.165) is 19.3 Å². The second kappa shape index (κ2) is 8.24. The quantitative estimate of drug-likeness (QED) is 0.503. The molecule has 7 nitrogen and oxygen atoms in total. The second-order valence-electron chi connectivity index (χ2n) is 6.08. The van der Waals surface area contributed by atoms with Crippen LogP contribution in [0.5, 0.6) is 0 Å². The van der Waals surface area contributed by atoms with Crippen molar-refractivity contribution in [2.75, 3.05) is 11.1 Å². The van der Waals surface area contributed by atoms with Gasteiger partial charge in [-0.25, -0.2) is 4.68 Å². The average molecular weight is 351 g/mol. The van der Waals surface area contributed by atoms with Gasteiger partial charge in [0.15, 0.2) is 0 Å². The maximum Gasteiger partial charge on any atom is 0.277 e. The molecule has 0 fully saturated rings. The fraction of sp³-hybridized carbons (Fsp3) is 0.263. The maximum atomic E-state index is 12.3. The van der Waals surface area contributed by atoms with Crippen LogP contribution in [-0.2, 0) is 11.3 Å². The highest BCUT2D eigenvalue weighted by Gasteiger charge is 2.06. The Morgan fingerprint density at radius 3 is 2.65 bits per heavy atom. The number of fused-ring (bicyclic) bond motifs is 1. The third kappa shape index (κ3) is 4.24. The number of hydrogen-bond acceptors (Lipinski definition) is 5. The summed E-state index contributed by atoms with van der Waals surface area (Å²) in [5.41, 5.74) is 7.46. The molecular weight excluding hydrogens is 330 g/mol. The van der Waals surface area contributed by atoms with Crippen molar-refractivity contribution in [1.82, 2.24) is 15.0 Å². The summed E-state index contributed by atoms with van der Waals surface area (Å²) in [5, 5.41) is 11.4. The van der Waals surface area contributed by atoms with E-state index in [-0.39, 0.29) is 11.5 Å². The number of nitrogen functional groups attached to an aromatic ring is 1. The number of aryl methyl sites for hydroxylation is 1. The Balaban J connectivity index is 1.45. The molecule has 3 N–H and O–H groups in total. The van der Waals surface area contributed by atoms with Gasteiger partial charge in [-0.2, -0.15) is 0 Å². The third-order valence-corrected chi connectivity index (χ3v) is 4.14. The van der Waals surface area contributed by atoms with Crippen molar-refractivity contribution >= 4 is 28.2 Å². The molecule has 0 saturated heterocycles. The summed E-state index contributed by atoms with van der Waals surface area (Å²) in [6, 6.07) is 14.3. The predicted molar refractivity (Wildman–Crippen MR) is 102 cm³/mol. The van der Waals surface area contributed by atoms with Crippen LogP contribution in [0.4, 0.5) is 11.4 Å². The molecule has 1 aromatic heterocycles. The van der Waals surface area contributed by atoms with Gasteiger partial charge in [-0.1, -0.05) is 35.9 Å². The zero-order valence-corrected chi connectivity index (χ0v) is 14.4. The Morgan fingerprint density at radius 1 is 1.04 bits per heavy atom. The Kier molecular flexibility index (Phi) is 5.58. The van der Waals surface area contributed by atoms with Gasteiger partial charge in [0.25, 0.3) is 5.56 Å². The van der Waals surface area contributed by atoms with Gasteiger partial charge in [0.05, 0.1) is 16.8 Å². The minimum absolute atomic E-state index is 0.0643. The van der Waals surface area contributed by atoms with Crippen molar-refractivity contribution in [1.29, 1.82) is 0 Å². The number of unbranched alkanes of at least 4 members (excludes halogenated alkanes) is 2. The molecule has 1 heterocycles. The van der Waals surface area contributed by atoms with Crippen molar-refractivity contribution in [2.24, 2.45) is 0 Å². The van der Waals surface area contributed by atoms with Crippen molar-refractivity contribution in [3.05, 3.63) is 58.9 Å². The number of nitrogens with zero attached hydrogens (tertiary/aromatic N) is 3. The monoisotopic (exact) mass is 351 g/mol. The van der Waals surface area contributed by atoms with Gasteiger partial charge in [0.1, 0.15) is 5.52 Å². The van der Waals surface area contributed by atoms with E-state index >= 15 is 0 Å². The van der Waals surface area contributed by atoms with Gasteiger partial charge in [0, 0.05) is 13.0 Å². The van der Waals surface area contributed by atoms with E-state index < -0.39 is 0 Å². The first-order valence-corrected chi connectivity index (χ1v) is 8.62. The van der Waals surface area contributed by atoms with E-state index in [1.165, 1.54) is 4.68 Å². The number of nitrogens with two attached hydrogens (primary N) is 1. The van der Waals surface area contributed by atoms with E-state index in [1.807, 2.05) is 24.3 Å². The minimum atomic E-state index is -0.132. The van der Waals surface area contributed by atoms with Crippen molar-refractivity contribution in [2.45, 2.75) is 32.2 Å². The van der Waals surface area contributed by atoms with Gasteiger partial charge in [-0.05, 0) is 37.1 Å². The highest BCUT2D eigenvalue weighted by Crippen LogP contribution is 2.17. The standard InChI is InChI=1S/C19H21N5O2/c20-15-9-4-6-11-17(15)21-18(25)12-2-1-7-13-24-19(26)14-8-3-5-10-16(14)22-23-24/h3-6,8-11H,1-2,7,12-13,20H2,(H,21,25). The molecule has 0 radical (unpaired) electrons. The number of amides is 1. The van der Waals surface area contributed by atoms with Gasteiger partial charge in [-0.15, -0.1) is 5.10 Å². The highest BCUT2D eigenvalue weighted by molar-refractivity contribution is 5.93. The molecular formula is C19H21N5O2. The first-order chi connectivity index (χ1) is 12.6. The first kappa shape index (κ1) is 17.6. The zero-order valence-electron chi connectivity index (χ0n) is 14.4. The van der Waals surface area contributed by atoms with Crippen LogP contribution in [0, 0.1) is 0 Å². The van der Waals surface area contributed by atoms with Gasteiger partial charge in [0.2, 0.25) is 5.91 Å². The molecule has 0 aliphatic carbocycles. The summed E-state index contributed by atoms with van der Waals surface area (Å²) >= 11 is 0. The average Bonchev–Trinajstić information content (AvgIpc) is 2.65. The summed E-state index contributed by atoms with van der Waals surface area (Å²) in [4.78, 5) is 24.3. The smallest absolute Gasteiger partial charge is 0.277 e. The molecule has 7 heteroatoms. The molecule has 1 amide bonds. The molecule has 0 aliphatic rings. The molecule has 134 valence electrons. The van der Waals surface area contributed by atoms with E-state index in [0.29, 0.717) is 35.2 Å². The van der Waals surface area contributed by atoms with Crippen LogP contribution in [0.3, 0.4) is 0 Å². The van der Waals surface area contributed by atoms with E-state index in [9.17, 15) is 9.59 Å². The van der Waals surface area contributed by atoms with Gasteiger partial charge >= 0.3 is 0 Å². The van der Waals surface area contributed by atoms with Crippen LogP contribution in [-0.4, -0.2) is 20.9 Å². The summed E-state index contributed by atoms with van der Waals surface area (Å²) in [6.45, 7) is 0.490. The lowest BCUT2D eigenvalue weighted by atomic mass is 10.2. The number of aromatic nitrogens is 3. The number of hydrogen-bond donors (Lipinski definition) is 2. The number of anilines is 2. The Morgan fingerprint density at radius 2 is 1.81 bits per heavy atom. The topological polar surface area (TPSA) is 103 Å². The maximum absolute atomic E-state index is 12.3. The van der Waals surface area contributed by atoms with E-state index in [1.54, 1.807) is 24.3 Å². The normalized spacial score (nSPS) is 10.8. The van der Waals surface area contributed by atoms with Crippen LogP contribution in [0.25, 0.3) is 10.9 Å². The summed E-state index contributed by atoms with van der Waals surface area (Å²) in [5.74, 6) is -0.0643. The lowest BCUT2D eigenvalue weighted by Crippen LogP contribution is -2.24. The van der Waals surface area contributed by atoms with Crippen LogP contribution in [0.1, 0.15) is 25.7 Å². The lowest BCUT2D eigenvalue weighted by molar-refractivity contribution is -0.116. The Labute approximate surface area is 150 Å². The number of nitrogens with one attached hydrogen (secondary N) is 1. The van der Waals surface area contributed by atoms with Gasteiger partial charge < -0.3 is 11.1 Å². The highest BCUT2D eigenvalue weighted by atomic mass is 16.1. The molecule has 0 saturated carbocycles. The molecule has 0 atom stereocenters. The summed E-state index contributed by atoms with van der Waals surface area (Å²) in [7, 11) is 0. The predicted octanol–water partition coefficient (Wildman–Crippen LogP) is 2.57. The van der Waals surface area contributed by atoms with Crippen molar-refractivity contribution < 1.29 is 4.79 Å². The second-order valence-corrected chi connectivity index (χ2v) is 6.08. The molecule has 0 unspecified atom stereocenters. The summed E-state index contributed by atoms with van der Waals surface area (Å²) < 4.78 is 1.38. The van der Waals surface area contributed by atoms with Crippen LogP contribution in [0.15, 0.2) is 53.3 Å². The fourth-order valence-electron chi connectivity index (χ4n) is 2.72. The molecule has 0 aliphatic heterocycles. The number of rotatable bonds is 7. The molecule has 3 aromatic rings. The Bertz CT molecular complexity index is 967. The van der Waals surface area contributed by atoms with Crippen LogP contribution >= 0.6 is 0 Å². The minimum Gasteiger partial charge on any atom is -0.397 e. The third-order valence-electron chi connectivity index (χ3n) is 4.14. The first-order valence-electron chi connectivity index (χ1n) is 8.62.